The van der Waals surface area contributed by atoms with E-state index in [-0.39, 0.29) is 30.2 Å². The second-order valence-corrected chi connectivity index (χ2v) is 3.74. The molecule has 0 saturated heterocycles. The van der Waals surface area contributed by atoms with Crippen molar-refractivity contribution in [1.29, 1.82) is 0 Å². The average Bonchev–Trinajstić information content (AvgIpc) is 2.85. The van der Waals surface area contributed by atoms with Crippen molar-refractivity contribution in [3.05, 3.63) is 45.8 Å². The van der Waals surface area contributed by atoms with Crippen LogP contribution < -0.4 is 10.2 Å². The van der Waals surface area contributed by atoms with E-state index in [2.05, 4.69) is 5.16 Å². The molecule has 7 nitrogen and oxygen atoms in total. The van der Waals surface area contributed by atoms with Crippen LogP contribution in [-0.4, -0.2) is 17.4 Å². The number of ether oxygens (including phenoxy) is 2. The molecule has 0 amide bonds. The van der Waals surface area contributed by atoms with E-state index in [4.69, 9.17) is 23.5 Å². The standard InChI is InChI=1S/C12H13NO6/c1-16-6-10-2-8(13-19-10)5-18-12-7-17-9(4-14)3-11(12)15/h2-3,7,14H,4-6H2,1H3. The quantitative estimate of drug-likeness (QED) is 0.828. The van der Waals surface area contributed by atoms with Gasteiger partial charge in [-0.25, -0.2) is 0 Å². The summed E-state index contributed by atoms with van der Waals surface area (Å²) in [4.78, 5) is 11.6. The molecule has 0 aliphatic heterocycles. The Morgan fingerprint density at radius 2 is 2.16 bits per heavy atom. The second-order valence-electron chi connectivity index (χ2n) is 3.74. The van der Waals surface area contributed by atoms with E-state index in [1.807, 2.05) is 0 Å². The molecule has 0 unspecified atom stereocenters. The number of aliphatic hydroxyl groups excluding tert-OH is 1. The summed E-state index contributed by atoms with van der Waals surface area (Å²) in [5.41, 5.74) is 0.175. The summed E-state index contributed by atoms with van der Waals surface area (Å²) in [5, 5.41) is 12.6. The first kappa shape index (κ1) is 13.3. The SMILES string of the molecule is COCc1cc(COc2coc(CO)cc2=O)no1. The number of hydrogen-bond donors (Lipinski definition) is 1. The molecule has 0 spiro atoms. The van der Waals surface area contributed by atoms with Gasteiger partial charge in [0, 0.05) is 19.2 Å². The van der Waals surface area contributed by atoms with Gasteiger partial charge >= 0.3 is 0 Å². The summed E-state index contributed by atoms with van der Waals surface area (Å²) in [6.45, 7) is 0.0654. The molecule has 0 radical (unpaired) electrons. The van der Waals surface area contributed by atoms with Crippen molar-refractivity contribution in [3.8, 4) is 5.75 Å². The lowest BCUT2D eigenvalue weighted by Crippen LogP contribution is -2.08. The molecule has 102 valence electrons. The summed E-state index contributed by atoms with van der Waals surface area (Å²) >= 11 is 0. The monoisotopic (exact) mass is 267 g/mol. The van der Waals surface area contributed by atoms with Crippen LogP contribution in [0.25, 0.3) is 0 Å². The first-order chi connectivity index (χ1) is 9.22. The molecular weight excluding hydrogens is 254 g/mol. The normalized spacial score (nSPS) is 10.6. The van der Waals surface area contributed by atoms with E-state index in [1.54, 1.807) is 13.2 Å². The zero-order valence-corrected chi connectivity index (χ0v) is 10.3. The second kappa shape index (κ2) is 6.17. The van der Waals surface area contributed by atoms with Gasteiger partial charge < -0.3 is 23.5 Å². The fourth-order valence-corrected chi connectivity index (χ4v) is 1.41. The third-order valence-electron chi connectivity index (χ3n) is 2.28. The van der Waals surface area contributed by atoms with Crippen LogP contribution in [0.4, 0.5) is 0 Å². The third-order valence-corrected chi connectivity index (χ3v) is 2.28. The van der Waals surface area contributed by atoms with Crippen LogP contribution in [0.15, 0.2) is 32.1 Å². The lowest BCUT2D eigenvalue weighted by atomic mass is 10.3. The van der Waals surface area contributed by atoms with E-state index in [9.17, 15) is 4.79 Å². The molecule has 0 fully saturated rings. The summed E-state index contributed by atoms with van der Waals surface area (Å²) in [7, 11) is 1.55. The molecule has 0 aliphatic carbocycles. The van der Waals surface area contributed by atoms with E-state index >= 15 is 0 Å². The first-order valence-corrected chi connectivity index (χ1v) is 5.51. The van der Waals surface area contributed by atoms with Crippen molar-refractivity contribution in [2.75, 3.05) is 7.11 Å². The third kappa shape index (κ3) is 3.43. The van der Waals surface area contributed by atoms with Gasteiger partial charge in [0.1, 0.15) is 37.5 Å². The zero-order chi connectivity index (χ0) is 13.7. The lowest BCUT2D eigenvalue weighted by Gasteiger charge is -2.02. The van der Waals surface area contributed by atoms with Gasteiger partial charge in [0.15, 0.2) is 5.76 Å². The molecule has 0 atom stereocenters. The highest BCUT2D eigenvalue weighted by molar-refractivity contribution is 5.18. The van der Waals surface area contributed by atoms with E-state index < -0.39 is 0 Å². The number of aromatic nitrogens is 1. The van der Waals surface area contributed by atoms with Gasteiger partial charge in [-0.05, 0) is 0 Å². The van der Waals surface area contributed by atoms with Crippen LogP contribution in [0.3, 0.4) is 0 Å². The largest absolute Gasteiger partial charge is 0.480 e. The molecule has 0 bridgehead atoms. The molecule has 2 aromatic heterocycles. The van der Waals surface area contributed by atoms with Crippen LogP contribution in [0.5, 0.6) is 5.75 Å². The Hall–Kier alpha value is -2.12. The Bertz CT molecular complexity index is 588. The molecule has 7 heteroatoms. The Labute approximate surface area is 108 Å². The van der Waals surface area contributed by atoms with Crippen LogP contribution in [0.1, 0.15) is 17.2 Å². The van der Waals surface area contributed by atoms with Crippen molar-refractivity contribution >= 4 is 0 Å². The minimum absolute atomic E-state index is 0.0495. The molecule has 0 aromatic carbocycles. The summed E-state index contributed by atoms with van der Waals surface area (Å²) in [5.74, 6) is 0.804. The Morgan fingerprint density at radius 3 is 2.84 bits per heavy atom. The molecule has 0 aliphatic rings. The first-order valence-electron chi connectivity index (χ1n) is 5.51. The molecule has 0 saturated carbocycles. The highest BCUT2D eigenvalue weighted by Crippen LogP contribution is 2.10. The molecule has 1 N–H and O–H groups in total. The van der Waals surface area contributed by atoms with Gasteiger partial charge in [-0.2, -0.15) is 0 Å². The molecule has 2 aromatic rings. The molecule has 2 rings (SSSR count). The average molecular weight is 267 g/mol. The highest BCUT2D eigenvalue weighted by Gasteiger charge is 2.08. The summed E-state index contributed by atoms with van der Waals surface area (Å²) in [6, 6.07) is 2.85. The fraction of sp³-hybridized carbons (Fsp3) is 0.333. The molecule has 19 heavy (non-hydrogen) atoms. The van der Waals surface area contributed by atoms with Crippen molar-refractivity contribution in [3.63, 3.8) is 0 Å². The van der Waals surface area contributed by atoms with E-state index in [1.165, 1.54) is 6.07 Å². The minimum Gasteiger partial charge on any atom is -0.480 e. The maximum atomic E-state index is 11.6. The fourth-order valence-electron chi connectivity index (χ4n) is 1.41. The number of hydrogen-bond acceptors (Lipinski definition) is 7. The Kier molecular flexibility index (Phi) is 4.32. The lowest BCUT2D eigenvalue weighted by molar-refractivity contribution is 0.155. The Morgan fingerprint density at radius 1 is 1.32 bits per heavy atom. The smallest absolute Gasteiger partial charge is 0.227 e. The van der Waals surface area contributed by atoms with Gasteiger partial charge in [-0.1, -0.05) is 5.16 Å². The maximum Gasteiger partial charge on any atom is 0.227 e. The maximum absolute atomic E-state index is 11.6. The number of aliphatic hydroxyl groups is 1. The molecular formula is C12H13NO6. The van der Waals surface area contributed by atoms with Gasteiger partial charge in [0.2, 0.25) is 11.2 Å². The number of methoxy groups -OCH3 is 1. The predicted molar refractivity (Wildman–Crippen MR) is 62.4 cm³/mol. The van der Waals surface area contributed by atoms with Crippen molar-refractivity contribution in [2.24, 2.45) is 0 Å². The van der Waals surface area contributed by atoms with E-state index in [0.717, 1.165) is 6.26 Å². The van der Waals surface area contributed by atoms with Crippen molar-refractivity contribution in [2.45, 2.75) is 19.8 Å². The van der Waals surface area contributed by atoms with Crippen LogP contribution >= 0.6 is 0 Å². The Balaban J connectivity index is 1.99. The number of nitrogens with zero attached hydrogens (tertiary/aromatic N) is 1. The minimum atomic E-state index is -0.365. The van der Waals surface area contributed by atoms with Crippen LogP contribution in [0.2, 0.25) is 0 Å². The van der Waals surface area contributed by atoms with Crippen LogP contribution in [-0.2, 0) is 24.6 Å². The van der Waals surface area contributed by atoms with Crippen LogP contribution in [0, 0.1) is 0 Å². The van der Waals surface area contributed by atoms with E-state index in [0.29, 0.717) is 18.1 Å². The molecule has 2 heterocycles. The summed E-state index contributed by atoms with van der Waals surface area (Å²) < 4.78 is 20.1. The van der Waals surface area contributed by atoms with Gasteiger partial charge in [0.25, 0.3) is 0 Å². The summed E-state index contributed by atoms with van der Waals surface area (Å²) in [6.07, 6.45) is 1.16. The zero-order valence-electron chi connectivity index (χ0n) is 10.3. The number of rotatable bonds is 6. The van der Waals surface area contributed by atoms with Gasteiger partial charge in [0.05, 0.1) is 0 Å². The van der Waals surface area contributed by atoms with Gasteiger partial charge in [-0.15, -0.1) is 0 Å². The van der Waals surface area contributed by atoms with Crippen molar-refractivity contribution in [1.82, 2.24) is 5.16 Å². The van der Waals surface area contributed by atoms with Crippen molar-refractivity contribution < 1.29 is 23.5 Å². The highest BCUT2D eigenvalue weighted by atomic mass is 16.5. The predicted octanol–water partition coefficient (Wildman–Crippen LogP) is 0.846. The topological polar surface area (TPSA) is 94.9 Å². The van der Waals surface area contributed by atoms with Gasteiger partial charge in [-0.3, -0.25) is 4.79 Å².